The van der Waals surface area contributed by atoms with Crippen LogP contribution in [0.4, 0.5) is 20.6 Å². The predicted molar refractivity (Wildman–Crippen MR) is 79.2 cm³/mol. The molecule has 0 saturated heterocycles. The number of rotatable bonds is 3. The van der Waals surface area contributed by atoms with Crippen molar-refractivity contribution in [3.63, 3.8) is 0 Å². The summed E-state index contributed by atoms with van der Waals surface area (Å²) in [7, 11) is 0. The fourth-order valence-electron chi connectivity index (χ4n) is 1.54. The number of hydrogen-bond acceptors (Lipinski definition) is 4. The Morgan fingerprint density at radius 3 is 2.55 bits per heavy atom. The van der Waals surface area contributed by atoms with Gasteiger partial charge < -0.3 is 4.74 Å². The molecule has 0 saturated carbocycles. The quantitative estimate of drug-likeness (QED) is 0.648. The number of amides is 1. The maximum atomic E-state index is 13.0. The lowest BCUT2D eigenvalue weighted by Crippen LogP contribution is -2.17. The smallest absolute Gasteiger partial charge is 0.410 e. The first kappa shape index (κ1) is 16.0. The molecule has 6 nitrogen and oxygen atoms in total. The highest BCUT2D eigenvalue weighted by Crippen LogP contribution is 2.28. The van der Waals surface area contributed by atoms with Crippen molar-refractivity contribution in [3.8, 4) is 5.75 Å². The van der Waals surface area contributed by atoms with Gasteiger partial charge in [0.15, 0.2) is 0 Å². The fraction of sp³-hybridized carbons (Fsp3) is 0. The van der Waals surface area contributed by atoms with Gasteiger partial charge in [-0.15, -0.1) is 0 Å². The van der Waals surface area contributed by atoms with Gasteiger partial charge >= 0.3 is 6.09 Å². The van der Waals surface area contributed by atoms with Crippen molar-refractivity contribution in [1.82, 2.24) is 0 Å². The highest BCUT2D eigenvalue weighted by Gasteiger charge is 2.18. The number of halogens is 3. The number of carbonyl (C=O) groups excluding carboxylic acids is 1. The molecule has 0 atom stereocenters. The van der Waals surface area contributed by atoms with Crippen molar-refractivity contribution in [2.45, 2.75) is 0 Å². The number of nitrogens with zero attached hydrogens (tertiary/aromatic N) is 1. The average molecular weight is 345 g/mol. The van der Waals surface area contributed by atoms with E-state index in [1.165, 1.54) is 18.2 Å². The number of nitrogens with one attached hydrogen (secondary N) is 1. The zero-order chi connectivity index (χ0) is 16.3. The molecule has 2 rings (SSSR count). The van der Waals surface area contributed by atoms with Gasteiger partial charge in [-0.25, -0.2) is 9.18 Å². The number of hydrogen-bond donors (Lipinski definition) is 1. The molecule has 0 aliphatic heterocycles. The van der Waals surface area contributed by atoms with Gasteiger partial charge in [0.05, 0.1) is 21.0 Å². The minimum absolute atomic E-state index is 0.0941. The Hall–Kier alpha value is -2.38. The first-order valence-corrected chi connectivity index (χ1v) is 6.50. The molecular formula is C13H7Cl2FN2O4. The Labute approximate surface area is 133 Å². The zero-order valence-corrected chi connectivity index (χ0v) is 12.2. The van der Waals surface area contributed by atoms with E-state index in [9.17, 15) is 19.3 Å². The minimum Gasteiger partial charge on any atom is -0.410 e. The summed E-state index contributed by atoms with van der Waals surface area (Å²) < 4.78 is 17.9. The lowest BCUT2D eigenvalue weighted by atomic mass is 10.2. The van der Waals surface area contributed by atoms with Gasteiger partial charge in [0.1, 0.15) is 17.3 Å². The van der Waals surface area contributed by atoms with E-state index in [2.05, 4.69) is 5.32 Å². The molecule has 1 N–H and O–H groups in total. The third kappa shape index (κ3) is 3.84. The largest absolute Gasteiger partial charge is 0.417 e. The third-order valence-corrected chi connectivity index (χ3v) is 3.23. The van der Waals surface area contributed by atoms with Gasteiger partial charge in [-0.1, -0.05) is 23.2 Å². The third-order valence-electron chi connectivity index (χ3n) is 2.49. The van der Waals surface area contributed by atoms with Crippen molar-refractivity contribution in [2.75, 3.05) is 5.32 Å². The maximum Gasteiger partial charge on any atom is 0.417 e. The van der Waals surface area contributed by atoms with Crippen LogP contribution in [0, 0.1) is 15.9 Å². The van der Waals surface area contributed by atoms with E-state index in [0.717, 1.165) is 12.1 Å². The molecule has 0 aliphatic carbocycles. The summed E-state index contributed by atoms with van der Waals surface area (Å²) in [5, 5.41) is 13.4. The number of anilines is 1. The molecule has 0 aromatic heterocycles. The van der Waals surface area contributed by atoms with Crippen LogP contribution < -0.4 is 10.1 Å². The summed E-state index contributed by atoms with van der Waals surface area (Å²) in [5.41, 5.74) is -0.789. The van der Waals surface area contributed by atoms with Gasteiger partial charge in [-0.3, -0.25) is 15.4 Å². The molecule has 0 fully saturated rings. The van der Waals surface area contributed by atoms with Crippen LogP contribution in [-0.2, 0) is 0 Å². The van der Waals surface area contributed by atoms with Crippen molar-refractivity contribution in [2.24, 2.45) is 0 Å². The van der Waals surface area contributed by atoms with Gasteiger partial charge in [0, 0.05) is 6.07 Å². The lowest BCUT2D eigenvalue weighted by molar-refractivity contribution is -0.384. The molecule has 2 aromatic carbocycles. The molecule has 22 heavy (non-hydrogen) atoms. The van der Waals surface area contributed by atoms with Crippen molar-refractivity contribution >= 4 is 40.7 Å². The number of nitro groups is 1. The second-order valence-corrected chi connectivity index (χ2v) is 4.82. The molecule has 114 valence electrons. The van der Waals surface area contributed by atoms with Crippen molar-refractivity contribution < 1.29 is 18.8 Å². The van der Waals surface area contributed by atoms with E-state index in [-0.39, 0.29) is 21.5 Å². The molecule has 0 aliphatic rings. The van der Waals surface area contributed by atoms with Gasteiger partial charge in [0.25, 0.3) is 5.69 Å². The van der Waals surface area contributed by atoms with Crippen LogP contribution >= 0.6 is 23.2 Å². The Balaban J connectivity index is 2.15. The molecule has 0 bridgehead atoms. The van der Waals surface area contributed by atoms with Gasteiger partial charge in [-0.2, -0.15) is 0 Å². The summed E-state index contributed by atoms with van der Waals surface area (Å²) in [5.74, 6) is -0.702. The highest BCUT2D eigenvalue weighted by atomic mass is 35.5. The second kappa shape index (κ2) is 6.59. The van der Waals surface area contributed by atoms with E-state index in [0.29, 0.717) is 6.07 Å². The van der Waals surface area contributed by atoms with E-state index in [4.69, 9.17) is 27.9 Å². The summed E-state index contributed by atoms with van der Waals surface area (Å²) in [6.07, 6.45) is -0.993. The zero-order valence-electron chi connectivity index (χ0n) is 10.7. The monoisotopic (exact) mass is 344 g/mol. The summed E-state index contributed by atoms with van der Waals surface area (Å²) in [6.45, 7) is 0. The highest BCUT2D eigenvalue weighted by molar-refractivity contribution is 6.42. The molecule has 0 unspecified atom stereocenters. The summed E-state index contributed by atoms with van der Waals surface area (Å²) in [6, 6.07) is 6.85. The fourth-order valence-corrected chi connectivity index (χ4v) is 1.83. The number of benzene rings is 2. The Morgan fingerprint density at radius 2 is 1.91 bits per heavy atom. The topological polar surface area (TPSA) is 81.5 Å². The van der Waals surface area contributed by atoms with E-state index >= 15 is 0 Å². The van der Waals surface area contributed by atoms with Crippen LogP contribution in [-0.4, -0.2) is 11.0 Å². The normalized spacial score (nSPS) is 10.1. The Kier molecular flexibility index (Phi) is 4.79. The summed E-state index contributed by atoms with van der Waals surface area (Å²) in [4.78, 5) is 21.7. The van der Waals surface area contributed by atoms with E-state index in [1.54, 1.807) is 0 Å². The minimum atomic E-state index is -0.993. The van der Waals surface area contributed by atoms with Crippen LogP contribution in [0.25, 0.3) is 0 Å². The van der Waals surface area contributed by atoms with Crippen molar-refractivity contribution in [3.05, 3.63) is 62.4 Å². The maximum absolute atomic E-state index is 13.0. The van der Waals surface area contributed by atoms with Crippen LogP contribution in [0.2, 0.25) is 10.0 Å². The first-order valence-electron chi connectivity index (χ1n) is 5.74. The van der Waals surface area contributed by atoms with Crippen LogP contribution in [0.15, 0.2) is 36.4 Å². The van der Waals surface area contributed by atoms with E-state index in [1.807, 2.05) is 0 Å². The SMILES string of the molecule is O=C(Nc1ccc(F)cc1[N+](=O)[O-])Oc1ccc(Cl)c(Cl)c1. The molecule has 0 radical (unpaired) electrons. The second-order valence-electron chi connectivity index (χ2n) is 4.01. The van der Waals surface area contributed by atoms with Crippen LogP contribution in [0.3, 0.4) is 0 Å². The molecule has 0 heterocycles. The predicted octanol–water partition coefficient (Wildman–Crippen LogP) is 4.65. The lowest BCUT2D eigenvalue weighted by Gasteiger charge is -2.07. The molecule has 0 spiro atoms. The Bertz CT molecular complexity index is 755. The number of ether oxygens (including phenoxy) is 1. The van der Waals surface area contributed by atoms with Crippen LogP contribution in [0.5, 0.6) is 5.75 Å². The molecule has 2 aromatic rings. The van der Waals surface area contributed by atoms with Crippen LogP contribution in [0.1, 0.15) is 0 Å². The first-order chi connectivity index (χ1) is 10.4. The standard InChI is InChI=1S/C13H7Cl2FN2O4/c14-9-3-2-8(6-10(9)15)22-13(19)17-11-4-1-7(16)5-12(11)18(20)21/h1-6H,(H,17,19). The summed E-state index contributed by atoms with van der Waals surface area (Å²) >= 11 is 11.5. The number of nitro benzene ring substituents is 1. The van der Waals surface area contributed by atoms with E-state index < -0.39 is 22.5 Å². The van der Waals surface area contributed by atoms with Gasteiger partial charge in [-0.05, 0) is 24.3 Å². The average Bonchev–Trinajstić information content (AvgIpc) is 2.44. The number of carbonyl (C=O) groups is 1. The van der Waals surface area contributed by atoms with Gasteiger partial charge in [0.2, 0.25) is 0 Å². The molecule has 9 heteroatoms. The molecule has 1 amide bonds. The Morgan fingerprint density at radius 1 is 1.18 bits per heavy atom. The molecular weight excluding hydrogens is 338 g/mol. The van der Waals surface area contributed by atoms with Crippen molar-refractivity contribution in [1.29, 1.82) is 0 Å².